The highest BCUT2D eigenvalue weighted by Crippen LogP contribution is 2.21. The monoisotopic (exact) mass is 387 g/mol. The second kappa shape index (κ2) is 8.23. The van der Waals surface area contributed by atoms with Gasteiger partial charge in [-0.15, -0.1) is 11.3 Å². The van der Waals surface area contributed by atoms with Crippen molar-refractivity contribution < 1.29 is 4.79 Å². The summed E-state index contributed by atoms with van der Waals surface area (Å²) in [5.74, 6) is -0.0476. The molecule has 0 aliphatic heterocycles. The fourth-order valence-electron chi connectivity index (χ4n) is 3.05. The Morgan fingerprint density at radius 1 is 1.04 bits per heavy atom. The minimum absolute atomic E-state index is 0.0476. The third-order valence-corrected chi connectivity index (χ3v) is 5.37. The summed E-state index contributed by atoms with van der Waals surface area (Å²) in [5, 5.41) is 6.14. The van der Waals surface area contributed by atoms with Crippen LogP contribution in [0.15, 0.2) is 78.4 Å². The molecule has 4 rings (SSSR count). The predicted octanol–water partition coefficient (Wildman–Crippen LogP) is 4.88. The number of nitrogens with zero attached hydrogens (tertiary/aromatic N) is 2. The van der Waals surface area contributed by atoms with E-state index in [4.69, 9.17) is 0 Å². The maximum absolute atomic E-state index is 12.3. The van der Waals surface area contributed by atoms with Crippen molar-refractivity contribution in [1.29, 1.82) is 0 Å². The van der Waals surface area contributed by atoms with Crippen LogP contribution in [0.3, 0.4) is 0 Å². The molecule has 0 radical (unpaired) electrons. The van der Waals surface area contributed by atoms with Crippen molar-refractivity contribution in [2.45, 2.75) is 13.3 Å². The van der Waals surface area contributed by atoms with Crippen LogP contribution in [0, 0.1) is 6.92 Å². The summed E-state index contributed by atoms with van der Waals surface area (Å²) in [6, 6.07) is 19.9. The van der Waals surface area contributed by atoms with Crippen LogP contribution in [0.5, 0.6) is 0 Å². The van der Waals surface area contributed by atoms with Gasteiger partial charge in [0.05, 0.1) is 10.7 Å². The van der Waals surface area contributed by atoms with Gasteiger partial charge >= 0.3 is 0 Å². The van der Waals surface area contributed by atoms with Gasteiger partial charge in [-0.3, -0.25) is 4.79 Å². The maximum atomic E-state index is 12.3. The summed E-state index contributed by atoms with van der Waals surface area (Å²) in [7, 11) is 0. The van der Waals surface area contributed by atoms with Gasteiger partial charge in [-0.05, 0) is 55.3 Å². The Kier molecular flexibility index (Phi) is 5.35. The predicted molar refractivity (Wildman–Crippen MR) is 114 cm³/mol. The fraction of sp³-hybridized carbons (Fsp3) is 0.130. The van der Waals surface area contributed by atoms with Gasteiger partial charge < -0.3 is 9.88 Å². The summed E-state index contributed by atoms with van der Waals surface area (Å²) in [4.78, 5) is 16.9. The molecule has 0 aliphatic rings. The smallest absolute Gasteiger partial charge is 0.251 e. The molecule has 0 unspecified atom stereocenters. The number of hydrogen-bond acceptors (Lipinski definition) is 3. The highest BCUT2D eigenvalue weighted by Gasteiger charge is 2.06. The lowest BCUT2D eigenvalue weighted by molar-refractivity contribution is 0.0954. The quantitative estimate of drug-likeness (QED) is 0.512. The fourth-order valence-corrected chi connectivity index (χ4v) is 3.67. The Bertz CT molecular complexity index is 1050. The number of rotatable bonds is 6. The highest BCUT2D eigenvalue weighted by atomic mass is 32.1. The second-order valence-corrected chi connectivity index (χ2v) is 7.65. The summed E-state index contributed by atoms with van der Waals surface area (Å²) < 4.78 is 2.01. The maximum Gasteiger partial charge on any atom is 0.251 e. The largest absolute Gasteiger partial charge is 0.352 e. The van der Waals surface area contributed by atoms with E-state index in [1.807, 2.05) is 60.3 Å². The molecule has 1 N–H and O–H groups in total. The molecule has 0 saturated heterocycles. The van der Waals surface area contributed by atoms with Gasteiger partial charge in [0.25, 0.3) is 5.91 Å². The minimum Gasteiger partial charge on any atom is -0.352 e. The lowest BCUT2D eigenvalue weighted by Crippen LogP contribution is -2.25. The average molecular weight is 388 g/mol. The topological polar surface area (TPSA) is 46.9 Å². The van der Waals surface area contributed by atoms with Gasteiger partial charge in [0, 0.05) is 41.1 Å². The van der Waals surface area contributed by atoms with Gasteiger partial charge in [-0.2, -0.15) is 0 Å². The Morgan fingerprint density at radius 2 is 1.75 bits per heavy atom. The molecule has 0 spiro atoms. The number of amides is 1. The Morgan fingerprint density at radius 3 is 2.39 bits per heavy atom. The Labute approximate surface area is 168 Å². The molecular formula is C23H21N3OS. The van der Waals surface area contributed by atoms with E-state index in [9.17, 15) is 4.79 Å². The standard InChI is InChI=1S/C23H21N3OS/c1-17-25-22(16-28-17)19-6-4-18(5-7-19)12-13-24-23(27)20-8-10-21(11-9-20)26-14-2-3-15-26/h2-11,14-16H,12-13H2,1H3,(H,24,27). The van der Waals surface area contributed by atoms with Crippen LogP contribution < -0.4 is 5.32 Å². The Balaban J connectivity index is 1.30. The third-order valence-electron chi connectivity index (χ3n) is 4.60. The van der Waals surface area contributed by atoms with Gasteiger partial charge in [0.15, 0.2) is 0 Å². The van der Waals surface area contributed by atoms with Crippen LogP contribution >= 0.6 is 11.3 Å². The second-order valence-electron chi connectivity index (χ2n) is 6.59. The molecule has 4 aromatic rings. The zero-order valence-corrected chi connectivity index (χ0v) is 16.4. The number of nitrogens with one attached hydrogen (secondary N) is 1. The number of aromatic nitrogens is 2. The van der Waals surface area contributed by atoms with E-state index < -0.39 is 0 Å². The lowest BCUT2D eigenvalue weighted by atomic mass is 10.1. The van der Waals surface area contributed by atoms with Crippen LogP contribution in [0.25, 0.3) is 16.9 Å². The summed E-state index contributed by atoms with van der Waals surface area (Å²) in [5.41, 5.74) is 5.05. The van der Waals surface area contributed by atoms with E-state index in [-0.39, 0.29) is 5.91 Å². The van der Waals surface area contributed by atoms with Gasteiger partial charge in [-0.1, -0.05) is 24.3 Å². The van der Waals surface area contributed by atoms with E-state index in [0.29, 0.717) is 12.1 Å². The van der Waals surface area contributed by atoms with E-state index in [1.54, 1.807) is 11.3 Å². The summed E-state index contributed by atoms with van der Waals surface area (Å²) in [6.45, 7) is 2.62. The first-order valence-electron chi connectivity index (χ1n) is 9.22. The van der Waals surface area contributed by atoms with Crippen molar-refractivity contribution >= 4 is 17.2 Å². The molecule has 5 heteroatoms. The molecule has 0 saturated carbocycles. The molecular weight excluding hydrogens is 366 g/mol. The van der Waals surface area contributed by atoms with E-state index >= 15 is 0 Å². The lowest BCUT2D eigenvalue weighted by Gasteiger charge is -2.08. The number of hydrogen-bond donors (Lipinski definition) is 1. The summed E-state index contributed by atoms with van der Waals surface area (Å²) >= 11 is 1.66. The molecule has 4 nitrogen and oxygen atoms in total. The molecule has 2 heterocycles. The van der Waals surface area contributed by atoms with E-state index in [2.05, 4.69) is 39.9 Å². The molecule has 0 bridgehead atoms. The van der Waals surface area contributed by atoms with Crippen LogP contribution in [-0.4, -0.2) is 22.0 Å². The molecule has 2 aromatic carbocycles. The number of carbonyl (C=O) groups excluding carboxylic acids is 1. The van der Waals surface area contributed by atoms with Crippen molar-refractivity contribution in [2.24, 2.45) is 0 Å². The van der Waals surface area contributed by atoms with Crippen LogP contribution in [0.1, 0.15) is 20.9 Å². The number of benzene rings is 2. The molecule has 0 atom stereocenters. The first-order chi connectivity index (χ1) is 13.7. The van der Waals surface area contributed by atoms with Crippen molar-refractivity contribution in [3.63, 3.8) is 0 Å². The zero-order chi connectivity index (χ0) is 19.3. The first kappa shape index (κ1) is 18.2. The average Bonchev–Trinajstić information content (AvgIpc) is 3.41. The molecule has 140 valence electrons. The third kappa shape index (κ3) is 4.21. The first-order valence-corrected chi connectivity index (χ1v) is 10.1. The van der Waals surface area contributed by atoms with Crippen molar-refractivity contribution in [3.8, 4) is 16.9 Å². The molecule has 28 heavy (non-hydrogen) atoms. The highest BCUT2D eigenvalue weighted by molar-refractivity contribution is 7.09. The van der Waals surface area contributed by atoms with Crippen molar-refractivity contribution in [2.75, 3.05) is 6.54 Å². The normalized spacial score (nSPS) is 10.8. The summed E-state index contributed by atoms with van der Waals surface area (Å²) in [6.07, 6.45) is 4.76. The van der Waals surface area contributed by atoms with Crippen molar-refractivity contribution in [1.82, 2.24) is 14.9 Å². The molecule has 0 fully saturated rings. The minimum atomic E-state index is -0.0476. The van der Waals surface area contributed by atoms with Gasteiger partial charge in [0.2, 0.25) is 0 Å². The SMILES string of the molecule is Cc1nc(-c2ccc(CCNC(=O)c3ccc(-n4cccc4)cc3)cc2)cs1. The molecule has 2 aromatic heterocycles. The zero-order valence-electron chi connectivity index (χ0n) is 15.6. The van der Waals surface area contributed by atoms with Gasteiger partial charge in [0.1, 0.15) is 0 Å². The Hall–Kier alpha value is -3.18. The van der Waals surface area contributed by atoms with Crippen LogP contribution in [0.4, 0.5) is 0 Å². The van der Waals surface area contributed by atoms with E-state index in [1.165, 1.54) is 5.56 Å². The van der Waals surface area contributed by atoms with Crippen LogP contribution in [0.2, 0.25) is 0 Å². The number of thiazole rings is 1. The van der Waals surface area contributed by atoms with Gasteiger partial charge in [-0.25, -0.2) is 4.98 Å². The molecule has 0 aliphatic carbocycles. The van der Waals surface area contributed by atoms with Crippen molar-refractivity contribution in [3.05, 3.63) is 94.6 Å². The number of aryl methyl sites for hydroxylation is 1. The van der Waals surface area contributed by atoms with E-state index in [0.717, 1.165) is 28.4 Å². The number of carbonyl (C=O) groups is 1. The molecule has 1 amide bonds. The van der Waals surface area contributed by atoms with Crippen LogP contribution in [-0.2, 0) is 6.42 Å².